The van der Waals surface area contributed by atoms with Crippen molar-refractivity contribution in [3.05, 3.63) is 71.3 Å². The van der Waals surface area contributed by atoms with Gasteiger partial charge in [-0.05, 0) is 29.7 Å². The van der Waals surface area contributed by atoms with Crippen LogP contribution in [0.4, 0.5) is 0 Å². The first-order valence-electron chi connectivity index (χ1n) is 8.57. The summed E-state index contributed by atoms with van der Waals surface area (Å²) in [5, 5.41) is 12.7. The summed E-state index contributed by atoms with van der Waals surface area (Å²) >= 11 is 0. The van der Waals surface area contributed by atoms with E-state index in [4.69, 9.17) is 10.5 Å². The quantitative estimate of drug-likeness (QED) is 0.374. The van der Waals surface area contributed by atoms with E-state index in [2.05, 4.69) is 5.32 Å². The van der Waals surface area contributed by atoms with Crippen molar-refractivity contribution < 1.29 is 19.4 Å². The first kappa shape index (κ1) is 20.2. The van der Waals surface area contributed by atoms with Gasteiger partial charge in [0.1, 0.15) is 11.3 Å². The molecule has 0 spiro atoms. The van der Waals surface area contributed by atoms with E-state index in [0.717, 1.165) is 5.56 Å². The maximum absolute atomic E-state index is 12.7. The third kappa shape index (κ3) is 5.43. The highest BCUT2D eigenvalue weighted by Gasteiger charge is 2.24. The summed E-state index contributed by atoms with van der Waals surface area (Å²) in [7, 11) is 3.01. The maximum Gasteiger partial charge on any atom is 0.256 e. The van der Waals surface area contributed by atoms with Gasteiger partial charge in [0.05, 0.1) is 18.9 Å². The Morgan fingerprint density at radius 2 is 1.74 bits per heavy atom. The normalized spacial score (nSPS) is 12.7. The number of Topliss-reactive ketones (excluding diaryl/α,β-unsaturated/α-hetero) is 1. The predicted molar refractivity (Wildman–Crippen MR) is 104 cm³/mol. The Hall–Kier alpha value is -3.12. The zero-order chi connectivity index (χ0) is 19.8. The Morgan fingerprint density at radius 3 is 2.30 bits per heavy atom. The monoisotopic (exact) mass is 368 g/mol. The highest BCUT2D eigenvalue weighted by Crippen LogP contribution is 2.18. The average Bonchev–Trinajstić information content (AvgIpc) is 2.69. The van der Waals surface area contributed by atoms with Crippen LogP contribution in [0.2, 0.25) is 0 Å². The van der Waals surface area contributed by atoms with E-state index in [1.807, 2.05) is 18.2 Å². The molecule has 2 aromatic rings. The molecule has 1 amide bonds. The van der Waals surface area contributed by atoms with Crippen LogP contribution in [0.1, 0.15) is 17.5 Å². The average molecular weight is 368 g/mol. The molecule has 2 aromatic carbocycles. The number of aliphatic hydroxyl groups excluding tert-OH is 1. The molecule has 142 valence electrons. The van der Waals surface area contributed by atoms with Gasteiger partial charge >= 0.3 is 0 Å². The van der Waals surface area contributed by atoms with Crippen LogP contribution >= 0.6 is 0 Å². The second-order valence-corrected chi connectivity index (χ2v) is 6.07. The molecule has 2 rings (SSSR count). The topological polar surface area (TPSA) is 102 Å². The lowest BCUT2D eigenvalue weighted by Gasteiger charge is -2.14. The Balaban J connectivity index is 2.16. The number of aliphatic hydroxyl groups is 1. The zero-order valence-corrected chi connectivity index (χ0v) is 15.4. The molecule has 0 heterocycles. The van der Waals surface area contributed by atoms with Crippen LogP contribution in [-0.2, 0) is 16.0 Å². The van der Waals surface area contributed by atoms with Gasteiger partial charge in [-0.15, -0.1) is 0 Å². The molecule has 0 saturated heterocycles. The van der Waals surface area contributed by atoms with Crippen molar-refractivity contribution in [2.45, 2.75) is 18.9 Å². The van der Waals surface area contributed by atoms with Crippen molar-refractivity contribution in [2.24, 2.45) is 5.73 Å². The summed E-state index contributed by atoms with van der Waals surface area (Å²) in [6.45, 7) is 0. The molecular weight excluding hydrogens is 344 g/mol. The number of ketones is 1. The fraction of sp³-hybridized carbons (Fsp3) is 0.238. The molecule has 6 heteroatoms. The van der Waals surface area contributed by atoms with Gasteiger partial charge in [-0.25, -0.2) is 0 Å². The van der Waals surface area contributed by atoms with Crippen LogP contribution in [0.15, 0.2) is 60.2 Å². The van der Waals surface area contributed by atoms with Crippen LogP contribution in [0.3, 0.4) is 0 Å². The number of methoxy groups -OCH3 is 1. The number of carbonyl (C=O) groups excluding carboxylic acids is 2. The van der Waals surface area contributed by atoms with E-state index in [1.165, 1.54) is 7.05 Å². The first-order chi connectivity index (χ1) is 13.0. The maximum atomic E-state index is 12.7. The number of benzene rings is 2. The highest BCUT2D eigenvalue weighted by molar-refractivity contribution is 6.24. The van der Waals surface area contributed by atoms with Crippen molar-refractivity contribution in [2.75, 3.05) is 14.2 Å². The van der Waals surface area contributed by atoms with Crippen molar-refractivity contribution in [1.82, 2.24) is 5.32 Å². The minimum absolute atomic E-state index is 0.0941. The third-order valence-corrected chi connectivity index (χ3v) is 4.14. The fourth-order valence-electron chi connectivity index (χ4n) is 2.71. The summed E-state index contributed by atoms with van der Waals surface area (Å²) in [4.78, 5) is 24.9. The molecule has 0 aliphatic heterocycles. The van der Waals surface area contributed by atoms with E-state index in [0.29, 0.717) is 11.3 Å². The first-order valence-corrected chi connectivity index (χ1v) is 8.57. The molecule has 0 aromatic heterocycles. The van der Waals surface area contributed by atoms with Gasteiger partial charge in [-0.1, -0.05) is 42.5 Å². The Labute approximate surface area is 158 Å². The van der Waals surface area contributed by atoms with Gasteiger partial charge in [0.25, 0.3) is 5.91 Å². The third-order valence-electron chi connectivity index (χ3n) is 4.14. The second-order valence-electron chi connectivity index (χ2n) is 6.07. The van der Waals surface area contributed by atoms with Gasteiger partial charge < -0.3 is 20.9 Å². The standard InChI is InChI=1S/C21H24N2O4/c1-23-21(26)19(20(22)15-6-4-3-5-7-15)18(25)13-16(24)12-14-8-10-17(27-2)11-9-14/h3-11,16,24H,12-13,22H2,1-2H3,(H,23,26)/b20-19-. The number of hydrogen-bond donors (Lipinski definition) is 3. The number of amides is 1. The fourth-order valence-corrected chi connectivity index (χ4v) is 2.71. The Bertz CT molecular complexity index is 814. The number of likely N-dealkylation sites (N-methyl/N-ethyl adjacent to an activating group) is 1. The second kappa shape index (κ2) is 9.54. The number of hydrogen-bond acceptors (Lipinski definition) is 5. The predicted octanol–water partition coefficient (Wildman–Crippen LogP) is 1.67. The number of nitrogens with two attached hydrogens (primary N) is 1. The Morgan fingerprint density at radius 1 is 1.11 bits per heavy atom. The van der Waals surface area contributed by atoms with Crippen molar-refractivity contribution in [3.8, 4) is 5.75 Å². The van der Waals surface area contributed by atoms with Crippen LogP contribution < -0.4 is 15.8 Å². The number of carbonyl (C=O) groups is 2. The minimum Gasteiger partial charge on any atom is -0.497 e. The zero-order valence-electron chi connectivity index (χ0n) is 15.4. The molecule has 0 saturated carbocycles. The summed E-state index contributed by atoms with van der Waals surface area (Å²) in [5.74, 6) is -0.362. The Kier molecular flexibility index (Phi) is 7.14. The van der Waals surface area contributed by atoms with E-state index in [-0.39, 0.29) is 24.1 Å². The lowest BCUT2D eigenvalue weighted by molar-refractivity contribution is -0.123. The van der Waals surface area contributed by atoms with Crippen molar-refractivity contribution >= 4 is 17.4 Å². The van der Waals surface area contributed by atoms with Crippen molar-refractivity contribution in [1.29, 1.82) is 0 Å². The number of rotatable bonds is 8. The molecule has 0 fully saturated rings. The lowest BCUT2D eigenvalue weighted by Crippen LogP contribution is -2.30. The molecule has 0 radical (unpaired) electrons. The lowest BCUT2D eigenvalue weighted by atomic mass is 9.96. The molecule has 1 atom stereocenters. The van der Waals surface area contributed by atoms with Gasteiger partial charge in [-0.2, -0.15) is 0 Å². The van der Waals surface area contributed by atoms with Crippen LogP contribution in [0.25, 0.3) is 5.70 Å². The van der Waals surface area contributed by atoms with Crippen LogP contribution in [0, 0.1) is 0 Å². The molecule has 0 aliphatic rings. The van der Waals surface area contributed by atoms with Gasteiger partial charge in [0, 0.05) is 13.5 Å². The van der Waals surface area contributed by atoms with E-state index < -0.39 is 17.8 Å². The summed E-state index contributed by atoms with van der Waals surface area (Å²) < 4.78 is 5.10. The molecule has 4 N–H and O–H groups in total. The summed E-state index contributed by atoms with van der Waals surface area (Å²) in [6, 6.07) is 16.0. The largest absolute Gasteiger partial charge is 0.497 e. The van der Waals surface area contributed by atoms with E-state index in [1.54, 1.807) is 43.5 Å². The molecule has 1 unspecified atom stereocenters. The molecule has 0 bridgehead atoms. The van der Waals surface area contributed by atoms with Gasteiger partial charge in [-0.3, -0.25) is 9.59 Å². The van der Waals surface area contributed by atoms with Gasteiger partial charge in [0.15, 0.2) is 5.78 Å². The molecule has 27 heavy (non-hydrogen) atoms. The summed E-state index contributed by atoms with van der Waals surface area (Å²) in [6.07, 6.45) is -0.862. The smallest absolute Gasteiger partial charge is 0.256 e. The molecular formula is C21H24N2O4. The molecule has 0 aliphatic carbocycles. The van der Waals surface area contributed by atoms with E-state index in [9.17, 15) is 14.7 Å². The van der Waals surface area contributed by atoms with Crippen LogP contribution in [-0.4, -0.2) is 37.1 Å². The van der Waals surface area contributed by atoms with Crippen LogP contribution in [0.5, 0.6) is 5.75 Å². The SMILES string of the molecule is CNC(=O)/C(C(=O)CC(O)Cc1ccc(OC)cc1)=C(\N)c1ccccc1. The highest BCUT2D eigenvalue weighted by atomic mass is 16.5. The number of ether oxygens (including phenoxy) is 1. The molecule has 6 nitrogen and oxygen atoms in total. The van der Waals surface area contributed by atoms with Crippen molar-refractivity contribution in [3.63, 3.8) is 0 Å². The van der Waals surface area contributed by atoms with E-state index >= 15 is 0 Å². The number of nitrogens with one attached hydrogen (secondary N) is 1. The summed E-state index contributed by atoms with van der Waals surface area (Å²) in [5.41, 5.74) is 7.47. The minimum atomic E-state index is -0.936. The van der Waals surface area contributed by atoms with Gasteiger partial charge in [0.2, 0.25) is 0 Å².